The standard InChI is InChI=1S/C17H14Br2O2.C11H13N.Ir/c18-14-5-1-12(2-6-14)9-16(20)11-17(21)10-13-3-7-15(19)8-4-13;1-2-6-10(7-3-1)11-8-4-5-9-12-11;/h1-8,11,20H,9-10H2;1-3,6,11H,4-5,8-9H2;/q;-2;/b16-11-;;. The first-order chi connectivity index (χ1) is 16.0. The molecular weight excluding hydrogens is 734 g/mol. The number of carbonyl (C=O) groups is 1. The zero-order valence-corrected chi connectivity index (χ0v) is 24.3. The molecule has 6 heteroatoms. The quantitative estimate of drug-likeness (QED) is 0.157. The summed E-state index contributed by atoms with van der Waals surface area (Å²) in [5.74, 6) is -0.0219. The fraction of sp³-hybridized carbons (Fsp3) is 0.250. The van der Waals surface area contributed by atoms with Crippen molar-refractivity contribution in [3.63, 3.8) is 0 Å². The van der Waals surface area contributed by atoms with Crippen LogP contribution in [0.3, 0.4) is 0 Å². The van der Waals surface area contributed by atoms with E-state index >= 15 is 0 Å². The Morgan fingerprint density at radius 1 is 0.941 bits per heavy atom. The van der Waals surface area contributed by atoms with Crippen molar-refractivity contribution >= 4 is 37.6 Å². The van der Waals surface area contributed by atoms with Gasteiger partial charge in [0.15, 0.2) is 5.78 Å². The Hall–Kier alpha value is -1.56. The molecule has 1 atom stereocenters. The Morgan fingerprint density at radius 2 is 1.56 bits per heavy atom. The van der Waals surface area contributed by atoms with E-state index in [0.717, 1.165) is 26.6 Å². The third-order valence-corrected chi connectivity index (χ3v) is 6.30. The van der Waals surface area contributed by atoms with Crippen LogP contribution in [0.1, 0.15) is 42.0 Å². The molecule has 0 amide bonds. The van der Waals surface area contributed by atoms with Gasteiger partial charge in [-0.3, -0.25) is 4.79 Å². The zero-order chi connectivity index (χ0) is 23.5. The molecule has 1 heterocycles. The molecular formula is C28H27Br2IrNO2-2. The van der Waals surface area contributed by atoms with E-state index in [1.807, 2.05) is 60.7 Å². The number of ketones is 1. The van der Waals surface area contributed by atoms with Crippen LogP contribution in [0.25, 0.3) is 5.32 Å². The molecule has 181 valence electrons. The summed E-state index contributed by atoms with van der Waals surface area (Å²) in [4.78, 5) is 11.9. The van der Waals surface area contributed by atoms with Crippen molar-refractivity contribution < 1.29 is 30.0 Å². The average molecular weight is 762 g/mol. The molecule has 34 heavy (non-hydrogen) atoms. The Morgan fingerprint density at radius 3 is 2.09 bits per heavy atom. The van der Waals surface area contributed by atoms with Crippen LogP contribution in [0.15, 0.2) is 93.6 Å². The zero-order valence-electron chi connectivity index (χ0n) is 18.7. The summed E-state index contributed by atoms with van der Waals surface area (Å²) < 4.78 is 1.97. The van der Waals surface area contributed by atoms with E-state index in [-0.39, 0.29) is 38.1 Å². The van der Waals surface area contributed by atoms with Crippen LogP contribution in [-0.4, -0.2) is 17.4 Å². The molecule has 3 aromatic rings. The molecule has 1 fully saturated rings. The number of carbonyl (C=O) groups excluding carboxylic acids is 1. The number of nitrogens with zero attached hydrogens (tertiary/aromatic N) is 1. The summed E-state index contributed by atoms with van der Waals surface area (Å²) in [5.41, 5.74) is 3.15. The maximum absolute atomic E-state index is 11.9. The minimum absolute atomic E-state index is 0. The third kappa shape index (κ3) is 10.4. The van der Waals surface area contributed by atoms with E-state index in [0.29, 0.717) is 12.5 Å². The van der Waals surface area contributed by atoms with Gasteiger partial charge in [-0.1, -0.05) is 75.4 Å². The first-order valence-electron chi connectivity index (χ1n) is 11.0. The van der Waals surface area contributed by atoms with Crippen LogP contribution in [0.2, 0.25) is 0 Å². The van der Waals surface area contributed by atoms with Gasteiger partial charge in [0.1, 0.15) is 5.76 Å². The van der Waals surface area contributed by atoms with E-state index in [4.69, 9.17) is 0 Å². The molecule has 1 unspecified atom stereocenters. The second-order valence-corrected chi connectivity index (χ2v) is 9.78. The molecule has 0 aliphatic carbocycles. The SMILES string of the molecule is O=C(/C=C(\O)Cc1ccc(Br)cc1)Cc1ccc(Br)cc1.[Ir].[c-]1ccccc1C1CCCC[N-]1. The number of halogens is 2. The maximum atomic E-state index is 11.9. The maximum Gasteiger partial charge on any atom is 0.163 e. The van der Waals surface area contributed by atoms with Crippen molar-refractivity contribution in [1.82, 2.24) is 0 Å². The molecule has 1 N–H and O–H groups in total. The van der Waals surface area contributed by atoms with E-state index in [9.17, 15) is 9.90 Å². The predicted molar refractivity (Wildman–Crippen MR) is 142 cm³/mol. The predicted octanol–water partition coefficient (Wildman–Crippen LogP) is 8.09. The fourth-order valence-electron chi connectivity index (χ4n) is 3.56. The van der Waals surface area contributed by atoms with Crippen LogP contribution in [0.4, 0.5) is 0 Å². The number of allylic oxidation sites excluding steroid dienone is 2. The smallest absolute Gasteiger partial charge is 0.163 e. The molecule has 4 rings (SSSR count). The summed E-state index contributed by atoms with van der Waals surface area (Å²) in [6, 6.07) is 27.1. The van der Waals surface area contributed by atoms with Crippen molar-refractivity contribution in [2.24, 2.45) is 0 Å². The first kappa shape index (κ1) is 28.7. The van der Waals surface area contributed by atoms with Gasteiger partial charge >= 0.3 is 0 Å². The number of piperidine rings is 1. The summed E-state index contributed by atoms with van der Waals surface area (Å²) in [6.07, 6.45) is 5.75. The molecule has 1 aliphatic heterocycles. The van der Waals surface area contributed by atoms with E-state index in [1.165, 1.54) is 30.9 Å². The number of hydrogen-bond donors (Lipinski definition) is 1. The number of benzene rings is 3. The second kappa shape index (κ2) is 15.4. The molecule has 0 aromatic heterocycles. The van der Waals surface area contributed by atoms with Crippen molar-refractivity contribution in [1.29, 1.82) is 0 Å². The molecule has 1 radical (unpaired) electrons. The molecule has 0 bridgehead atoms. The second-order valence-electron chi connectivity index (χ2n) is 7.94. The van der Waals surface area contributed by atoms with Gasteiger partial charge in [-0.2, -0.15) is 35.9 Å². The normalized spacial score (nSPS) is 15.5. The molecule has 0 saturated carbocycles. The monoisotopic (exact) mass is 760 g/mol. The van der Waals surface area contributed by atoms with Crippen molar-refractivity contribution in [3.05, 3.63) is 122 Å². The topological polar surface area (TPSA) is 51.4 Å². The summed E-state index contributed by atoms with van der Waals surface area (Å²) >= 11 is 6.71. The van der Waals surface area contributed by atoms with Gasteiger partial charge in [-0.05, 0) is 35.4 Å². The molecule has 0 spiro atoms. The largest absolute Gasteiger partial charge is 0.657 e. The van der Waals surface area contributed by atoms with E-state index in [2.05, 4.69) is 55.4 Å². The van der Waals surface area contributed by atoms with Crippen LogP contribution < -0.4 is 0 Å². The van der Waals surface area contributed by atoms with Crippen LogP contribution >= 0.6 is 31.9 Å². The summed E-state index contributed by atoms with van der Waals surface area (Å²) in [5, 5.41) is 14.5. The van der Waals surface area contributed by atoms with Gasteiger partial charge in [0, 0.05) is 48.0 Å². The Kier molecular flexibility index (Phi) is 13.0. The number of hydrogen-bond acceptors (Lipinski definition) is 2. The molecule has 3 nitrogen and oxygen atoms in total. The fourth-order valence-corrected chi connectivity index (χ4v) is 4.09. The molecule has 1 saturated heterocycles. The summed E-state index contributed by atoms with van der Waals surface area (Å²) in [7, 11) is 0. The third-order valence-electron chi connectivity index (χ3n) is 5.24. The Bertz CT molecular complexity index is 1030. The van der Waals surface area contributed by atoms with Crippen LogP contribution in [0.5, 0.6) is 0 Å². The van der Waals surface area contributed by atoms with Gasteiger partial charge in [0.25, 0.3) is 0 Å². The Balaban J connectivity index is 0.000000266. The molecule has 3 aromatic carbocycles. The van der Waals surface area contributed by atoms with Crippen molar-refractivity contribution in [2.45, 2.75) is 38.1 Å². The number of aliphatic hydroxyl groups is 1. The number of rotatable bonds is 6. The Labute approximate surface area is 232 Å². The van der Waals surface area contributed by atoms with Crippen LogP contribution in [0, 0.1) is 6.07 Å². The average Bonchev–Trinajstić information content (AvgIpc) is 2.83. The van der Waals surface area contributed by atoms with E-state index in [1.54, 1.807) is 0 Å². The van der Waals surface area contributed by atoms with Gasteiger partial charge in [-0.15, -0.1) is 12.6 Å². The van der Waals surface area contributed by atoms with Crippen molar-refractivity contribution in [2.75, 3.05) is 6.54 Å². The van der Waals surface area contributed by atoms with Gasteiger partial charge in [0.05, 0.1) is 0 Å². The minimum atomic E-state index is -0.105. The van der Waals surface area contributed by atoms with Crippen molar-refractivity contribution in [3.8, 4) is 0 Å². The van der Waals surface area contributed by atoms with E-state index < -0.39 is 0 Å². The molecule has 1 aliphatic rings. The first-order valence-corrected chi connectivity index (χ1v) is 12.6. The summed E-state index contributed by atoms with van der Waals surface area (Å²) in [6.45, 7) is 1.04. The van der Waals surface area contributed by atoms with Gasteiger partial charge < -0.3 is 10.4 Å². The minimum Gasteiger partial charge on any atom is -0.657 e. The van der Waals surface area contributed by atoms with Gasteiger partial charge in [0.2, 0.25) is 0 Å². The number of aliphatic hydroxyl groups excluding tert-OH is 1. The van der Waals surface area contributed by atoms with Gasteiger partial charge in [-0.25, -0.2) is 0 Å². The van der Waals surface area contributed by atoms with Crippen LogP contribution in [-0.2, 0) is 37.7 Å².